The van der Waals surface area contributed by atoms with E-state index >= 15 is 0 Å². The number of aromatic nitrogens is 1. The van der Waals surface area contributed by atoms with Crippen molar-refractivity contribution in [3.05, 3.63) is 46.4 Å². The summed E-state index contributed by atoms with van der Waals surface area (Å²) in [6.45, 7) is 0.128. The molecular weight excluding hydrogens is 269 g/mol. The lowest BCUT2D eigenvalue weighted by atomic mass is 10.1. The highest BCUT2D eigenvalue weighted by molar-refractivity contribution is 6.29. The number of nitrogens with two attached hydrogens (primary N) is 1. The third-order valence-electron chi connectivity index (χ3n) is 2.77. The van der Waals surface area contributed by atoms with Crippen molar-refractivity contribution in [1.82, 2.24) is 10.3 Å². The van der Waals surface area contributed by atoms with Gasteiger partial charge in [0.05, 0.1) is 5.56 Å². The zero-order valence-electron chi connectivity index (χ0n) is 10.1. The zero-order chi connectivity index (χ0) is 13.8. The van der Waals surface area contributed by atoms with Crippen molar-refractivity contribution in [1.29, 1.82) is 0 Å². The monoisotopic (exact) mass is 281 g/mol. The Morgan fingerprint density at radius 3 is 3.00 bits per heavy atom. The predicted octanol–water partition coefficient (Wildman–Crippen LogP) is 2.62. The van der Waals surface area contributed by atoms with E-state index in [0.29, 0.717) is 18.4 Å². The molecule has 0 atom stereocenters. The van der Waals surface area contributed by atoms with Crippen LogP contribution in [-0.4, -0.2) is 17.4 Å². The summed E-state index contributed by atoms with van der Waals surface area (Å²) >= 11 is 5.65. The number of halogens is 2. The van der Waals surface area contributed by atoms with Gasteiger partial charge in [0.25, 0.3) is 5.91 Å². The fraction of sp³-hybridized carbons (Fsp3) is 0.231. The summed E-state index contributed by atoms with van der Waals surface area (Å²) in [4.78, 5) is 15.7. The molecule has 0 aromatic carbocycles. The number of rotatable bonds is 3. The quantitative estimate of drug-likeness (QED) is 0.837. The average Bonchev–Trinajstić information content (AvgIpc) is 2.37. The molecule has 19 heavy (non-hydrogen) atoms. The highest BCUT2D eigenvalue weighted by Gasteiger charge is 2.13. The topological polar surface area (TPSA) is 68.0 Å². The van der Waals surface area contributed by atoms with Crippen LogP contribution in [0.15, 0.2) is 35.7 Å². The summed E-state index contributed by atoms with van der Waals surface area (Å²) in [5.74, 6) is -0.537. The van der Waals surface area contributed by atoms with Crippen LogP contribution in [0.3, 0.4) is 0 Å². The van der Waals surface area contributed by atoms with E-state index in [1.807, 2.05) is 6.08 Å². The maximum Gasteiger partial charge on any atom is 0.255 e. The number of carbonyl (C=O) groups excluding carboxylic acids is 1. The molecular formula is C13H13ClFN3O. The molecule has 6 heteroatoms. The molecule has 0 saturated heterocycles. The lowest BCUT2D eigenvalue weighted by Gasteiger charge is -2.11. The van der Waals surface area contributed by atoms with Gasteiger partial charge in [0, 0.05) is 18.5 Å². The maximum atomic E-state index is 13.5. The van der Waals surface area contributed by atoms with Crippen molar-refractivity contribution in [3.63, 3.8) is 0 Å². The molecule has 1 aromatic heterocycles. The molecule has 100 valence electrons. The van der Waals surface area contributed by atoms with Gasteiger partial charge in [0.2, 0.25) is 0 Å². The Balaban J connectivity index is 2.04. The van der Waals surface area contributed by atoms with E-state index in [9.17, 15) is 9.18 Å². The summed E-state index contributed by atoms with van der Waals surface area (Å²) < 4.78 is 13.5. The average molecular weight is 282 g/mol. The number of nitrogen functional groups attached to an aromatic ring is 1. The number of allylic oxidation sites excluding steroid dienone is 2. The second-order valence-electron chi connectivity index (χ2n) is 4.12. The fourth-order valence-corrected chi connectivity index (χ4v) is 1.91. The first-order valence-electron chi connectivity index (χ1n) is 5.82. The van der Waals surface area contributed by atoms with E-state index in [1.165, 1.54) is 12.1 Å². The summed E-state index contributed by atoms with van der Waals surface area (Å²) in [5.41, 5.74) is 6.32. The fourth-order valence-electron chi connectivity index (χ4n) is 1.75. The molecule has 2 rings (SSSR count). The van der Waals surface area contributed by atoms with Crippen LogP contribution in [0.4, 0.5) is 10.2 Å². The zero-order valence-corrected chi connectivity index (χ0v) is 10.9. The molecule has 1 amide bonds. The minimum Gasteiger partial charge on any atom is -0.383 e. The molecule has 4 nitrogen and oxygen atoms in total. The first-order chi connectivity index (χ1) is 9.08. The molecule has 1 heterocycles. The molecule has 0 fully saturated rings. The maximum absolute atomic E-state index is 13.5. The largest absolute Gasteiger partial charge is 0.383 e. The molecule has 0 unspecified atom stereocenters. The van der Waals surface area contributed by atoms with Crippen LogP contribution in [0.2, 0.25) is 5.15 Å². The first-order valence-corrected chi connectivity index (χ1v) is 6.20. The highest BCUT2D eigenvalue weighted by Crippen LogP contribution is 2.19. The third kappa shape index (κ3) is 3.32. The second kappa shape index (κ2) is 5.84. The number of hydrogen-bond donors (Lipinski definition) is 2. The Morgan fingerprint density at radius 1 is 1.53 bits per heavy atom. The van der Waals surface area contributed by atoms with Crippen LogP contribution in [0.25, 0.3) is 0 Å². The molecule has 0 saturated carbocycles. The lowest BCUT2D eigenvalue weighted by Crippen LogP contribution is -2.27. The van der Waals surface area contributed by atoms with E-state index in [-0.39, 0.29) is 28.9 Å². The smallest absolute Gasteiger partial charge is 0.255 e. The van der Waals surface area contributed by atoms with E-state index < -0.39 is 5.91 Å². The Morgan fingerprint density at radius 2 is 2.32 bits per heavy atom. The van der Waals surface area contributed by atoms with Crippen LogP contribution in [0.5, 0.6) is 0 Å². The van der Waals surface area contributed by atoms with Crippen LogP contribution < -0.4 is 11.1 Å². The summed E-state index contributed by atoms with van der Waals surface area (Å²) in [6, 6.07) is 2.97. The van der Waals surface area contributed by atoms with Crippen LogP contribution in [0.1, 0.15) is 23.2 Å². The number of hydrogen-bond acceptors (Lipinski definition) is 3. The van der Waals surface area contributed by atoms with Crippen molar-refractivity contribution in [3.8, 4) is 0 Å². The number of pyridine rings is 1. The number of nitrogens with one attached hydrogen (secondary N) is 1. The second-order valence-corrected chi connectivity index (χ2v) is 4.51. The first kappa shape index (κ1) is 13.5. The summed E-state index contributed by atoms with van der Waals surface area (Å²) in [6.07, 6.45) is 4.63. The van der Waals surface area contributed by atoms with Gasteiger partial charge in [-0.05, 0) is 18.6 Å². The van der Waals surface area contributed by atoms with Gasteiger partial charge >= 0.3 is 0 Å². The third-order valence-corrected chi connectivity index (χ3v) is 2.98. The number of carbonyl (C=O) groups is 1. The minimum atomic E-state index is -0.402. The number of amides is 1. The Hall–Kier alpha value is -1.88. The predicted molar refractivity (Wildman–Crippen MR) is 72.5 cm³/mol. The summed E-state index contributed by atoms with van der Waals surface area (Å²) in [7, 11) is 0. The Kier molecular flexibility index (Phi) is 4.16. The molecule has 3 N–H and O–H groups in total. The van der Waals surface area contributed by atoms with Gasteiger partial charge in [-0.15, -0.1) is 0 Å². The van der Waals surface area contributed by atoms with Gasteiger partial charge < -0.3 is 11.1 Å². The minimum absolute atomic E-state index is 0.0543. The van der Waals surface area contributed by atoms with Gasteiger partial charge in [-0.2, -0.15) is 0 Å². The van der Waals surface area contributed by atoms with Crippen molar-refractivity contribution >= 4 is 23.3 Å². The Bertz CT molecular complexity index is 569. The van der Waals surface area contributed by atoms with Gasteiger partial charge in [-0.25, -0.2) is 9.37 Å². The number of nitrogens with zero attached hydrogens (tertiary/aromatic N) is 1. The van der Waals surface area contributed by atoms with E-state index in [1.54, 1.807) is 6.08 Å². The molecule has 1 aliphatic carbocycles. The van der Waals surface area contributed by atoms with Crippen LogP contribution >= 0.6 is 11.6 Å². The molecule has 0 radical (unpaired) electrons. The van der Waals surface area contributed by atoms with Crippen molar-refractivity contribution in [2.24, 2.45) is 0 Å². The van der Waals surface area contributed by atoms with Crippen molar-refractivity contribution in [2.45, 2.75) is 12.8 Å². The van der Waals surface area contributed by atoms with Gasteiger partial charge in [0.15, 0.2) is 0 Å². The SMILES string of the molecule is Nc1nc(Cl)ccc1C(=O)NCC1=C(F)CCC=C1. The normalized spacial score (nSPS) is 14.6. The van der Waals surface area contributed by atoms with Gasteiger partial charge in [-0.3, -0.25) is 4.79 Å². The standard InChI is InChI=1S/C13H13ClFN3O/c14-11-6-5-9(12(16)18-11)13(19)17-7-8-3-1-2-4-10(8)15/h1,3,5-6H,2,4,7H2,(H2,16,18)(H,17,19). The molecule has 0 spiro atoms. The lowest BCUT2D eigenvalue weighted by molar-refractivity contribution is 0.0957. The molecule has 0 bridgehead atoms. The molecule has 0 aliphatic heterocycles. The van der Waals surface area contributed by atoms with E-state index in [2.05, 4.69) is 10.3 Å². The number of anilines is 1. The van der Waals surface area contributed by atoms with Crippen molar-refractivity contribution < 1.29 is 9.18 Å². The highest BCUT2D eigenvalue weighted by atomic mass is 35.5. The van der Waals surface area contributed by atoms with E-state index in [0.717, 1.165) is 0 Å². The molecule has 1 aliphatic rings. The summed E-state index contributed by atoms with van der Waals surface area (Å²) in [5, 5.41) is 2.83. The van der Waals surface area contributed by atoms with Gasteiger partial charge in [0.1, 0.15) is 16.8 Å². The van der Waals surface area contributed by atoms with Gasteiger partial charge in [-0.1, -0.05) is 23.8 Å². The van der Waals surface area contributed by atoms with E-state index in [4.69, 9.17) is 17.3 Å². The van der Waals surface area contributed by atoms with Crippen LogP contribution in [-0.2, 0) is 0 Å². The van der Waals surface area contributed by atoms with Crippen molar-refractivity contribution in [2.75, 3.05) is 12.3 Å². The van der Waals surface area contributed by atoms with Crippen LogP contribution in [0, 0.1) is 0 Å². The Labute approximate surface area is 115 Å². The molecule has 1 aromatic rings.